The molecule has 0 fully saturated rings. The number of ether oxygens (including phenoxy) is 2. The van der Waals surface area contributed by atoms with Gasteiger partial charge in [0.2, 0.25) is 0 Å². The number of carbonyl (C=O) groups excluding carboxylic acids is 1. The minimum atomic E-state index is -3.90. The summed E-state index contributed by atoms with van der Waals surface area (Å²) >= 11 is 0. The number of aryl methyl sites for hydroxylation is 2. The van der Waals surface area contributed by atoms with Crippen LogP contribution in [0.3, 0.4) is 0 Å². The molecule has 1 unspecified atom stereocenters. The number of hydrogen-bond acceptors (Lipinski definition) is 6. The number of amides is 1. The van der Waals surface area contributed by atoms with E-state index in [2.05, 4.69) is 5.32 Å². The van der Waals surface area contributed by atoms with Crippen molar-refractivity contribution in [2.45, 2.75) is 59.0 Å². The lowest BCUT2D eigenvalue weighted by molar-refractivity contribution is -0.111. The zero-order valence-corrected chi connectivity index (χ0v) is 24.8. The molecular formula is C31H40NO7P. The Hall–Kier alpha value is -3.16. The first-order chi connectivity index (χ1) is 19.2. The second kappa shape index (κ2) is 15.0. The van der Waals surface area contributed by atoms with Crippen LogP contribution in [0.4, 0.5) is 0 Å². The largest absolute Gasteiger partial charge is 0.467 e. The quantitative estimate of drug-likeness (QED) is 0.0928. The summed E-state index contributed by atoms with van der Waals surface area (Å²) in [7, 11) is -2.37. The molecule has 3 rings (SSSR count). The second-order valence-electron chi connectivity index (χ2n) is 9.78. The summed E-state index contributed by atoms with van der Waals surface area (Å²) in [5, 5.41) is 2.99. The molecule has 0 heterocycles. The Labute approximate surface area is 237 Å². The topological polar surface area (TPSA) is 103 Å². The van der Waals surface area contributed by atoms with E-state index in [-0.39, 0.29) is 12.7 Å². The van der Waals surface area contributed by atoms with E-state index in [0.29, 0.717) is 42.9 Å². The van der Waals surface area contributed by atoms with E-state index in [1.165, 1.54) is 7.11 Å². The maximum absolute atomic E-state index is 13.1. The Morgan fingerprint density at radius 1 is 0.975 bits per heavy atom. The van der Waals surface area contributed by atoms with E-state index in [9.17, 15) is 14.3 Å². The number of methoxy groups -OCH3 is 1. The molecule has 0 aliphatic carbocycles. The first-order valence-electron chi connectivity index (χ1n) is 13.5. The van der Waals surface area contributed by atoms with Crippen molar-refractivity contribution in [1.29, 1.82) is 0 Å². The summed E-state index contributed by atoms with van der Waals surface area (Å²) in [6, 6.07) is 19.1. The minimum Gasteiger partial charge on any atom is -0.467 e. The minimum absolute atomic E-state index is 0.0312. The van der Waals surface area contributed by atoms with Gasteiger partial charge in [-0.3, -0.25) is 9.36 Å². The zero-order valence-electron chi connectivity index (χ0n) is 23.9. The van der Waals surface area contributed by atoms with Crippen LogP contribution in [0.25, 0.3) is 0 Å². The smallest absolute Gasteiger partial charge is 0.369 e. The van der Waals surface area contributed by atoms with Crippen LogP contribution < -0.4 is 14.9 Å². The maximum atomic E-state index is 13.1. The van der Waals surface area contributed by atoms with Gasteiger partial charge in [-0.25, -0.2) is 0 Å². The molecule has 2 N–H and O–H groups in total. The maximum Gasteiger partial charge on any atom is 0.369 e. The highest BCUT2D eigenvalue weighted by Gasteiger charge is 2.31. The number of hydrogen-bond donors (Lipinski definition) is 2. The predicted molar refractivity (Wildman–Crippen MR) is 156 cm³/mol. The van der Waals surface area contributed by atoms with Gasteiger partial charge in [0.15, 0.2) is 12.5 Å². The Morgan fingerprint density at radius 3 is 2.27 bits per heavy atom. The van der Waals surface area contributed by atoms with Crippen LogP contribution in [-0.4, -0.2) is 36.9 Å². The highest BCUT2D eigenvalue weighted by atomic mass is 31.2. The molecule has 0 aromatic heterocycles. The fourth-order valence-electron chi connectivity index (χ4n) is 4.57. The molecule has 0 aliphatic rings. The highest BCUT2D eigenvalue weighted by Crippen LogP contribution is 2.50. The molecular weight excluding hydrogens is 529 g/mol. The SMILES string of the molecule is CCC(CC)P(=O)(O)OOc1cc(C)c(Cc2ccc(OCOC)c(C(=O)NCCc3ccccc3)c2)c(C)c1. The van der Waals surface area contributed by atoms with Crippen molar-refractivity contribution in [2.75, 3.05) is 20.4 Å². The molecule has 3 aromatic carbocycles. The molecule has 8 nitrogen and oxygen atoms in total. The van der Waals surface area contributed by atoms with Crippen LogP contribution >= 0.6 is 7.60 Å². The van der Waals surface area contributed by atoms with E-state index in [4.69, 9.17) is 19.0 Å². The van der Waals surface area contributed by atoms with Crippen LogP contribution in [0, 0.1) is 13.8 Å². The van der Waals surface area contributed by atoms with Crippen LogP contribution in [0.2, 0.25) is 0 Å². The summed E-state index contributed by atoms with van der Waals surface area (Å²) in [6.45, 7) is 8.11. The monoisotopic (exact) mass is 569 g/mol. The summed E-state index contributed by atoms with van der Waals surface area (Å²) in [4.78, 5) is 28.7. The normalized spacial score (nSPS) is 12.7. The molecule has 0 saturated heterocycles. The summed E-state index contributed by atoms with van der Waals surface area (Å²) in [5.74, 6) is 0.591. The third-order valence-electron chi connectivity index (χ3n) is 6.86. The Kier molecular flexibility index (Phi) is 11.8. The van der Waals surface area contributed by atoms with Gasteiger partial charge in [-0.2, -0.15) is 0 Å². The molecule has 216 valence electrons. The fraction of sp³-hybridized carbons (Fsp3) is 0.387. The standard InChI is InChI=1S/C31H40NO7P/c1-6-27(7-2)40(34,35)39-38-26-17-22(3)28(23(4)18-26)19-25-13-14-30(37-21-36-5)29(20-25)31(33)32-16-15-24-11-9-8-10-12-24/h8-14,17-18,20,27H,6-7,15-16,19,21H2,1-5H3,(H,32,33)(H,34,35). The number of benzene rings is 3. The lowest BCUT2D eigenvalue weighted by Gasteiger charge is -2.19. The molecule has 40 heavy (non-hydrogen) atoms. The van der Waals surface area contributed by atoms with Crippen molar-refractivity contribution in [1.82, 2.24) is 5.32 Å². The van der Waals surface area contributed by atoms with Gasteiger partial charge in [0.05, 0.1) is 11.2 Å². The van der Waals surface area contributed by atoms with Crippen molar-refractivity contribution in [3.05, 3.63) is 94.0 Å². The van der Waals surface area contributed by atoms with Gasteiger partial charge in [-0.15, -0.1) is 0 Å². The van der Waals surface area contributed by atoms with Gasteiger partial charge < -0.3 is 24.6 Å². The van der Waals surface area contributed by atoms with Crippen molar-refractivity contribution in [3.63, 3.8) is 0 Å². The third kappa shape index (κ3) is 8.67. The van der Waals surface area contributed by atoms with Crippen molar-refractivity contribution in [3.8, 4) is 11.5 Å². The van der Waals surface area contributed by atoms with E-state index in [1.54, 1.807) is 18.2 Å². The number of nitrogens with one attached hydrogen (secondary N) is 1. The molecule has 3 aromatic rings. The molecule has 0 bridgehead atoms. The molecule has 0 radical (unpaired) electrons. The Balaban J connectivity index is 1.75. The average Bonchev–Trinajstić information content (AvgIpc) is 2.94. The van der Waals surface area contributed by atoms with E-state index in [0.717, 1.165) is 34.2 Å². The molecule has 9 heteroatoms. The van der Waals surface area contributed by atoms with Gasteiger partial charge in [0.1, 0.15) is 5.75 Å². The van der Waals surface area contributed by atoms with Gasteiger partial charge in [0.25, 0.3) is 5.91 Å². The van der Waals surface area contributed by atoms with Crippen LogP contribution in [0.15, 0.2) is 60.7 Å². The number of rotatable bonds is 15. The lowest BCUT2D eigenvalue weighted by atomic mass is 9.94. The Bertz CT molecular complexity index is 1290. The van der Waals surface area contributed by atoms with Gasteiger partial charge >= 0.3 is 7.60 Å². The molecule has 0 spiro atoms. The molecule has 0 aliphatic heterocycles. The van der Waals surface area contributed by atoms with Crippen LogP contribution in [0.5, 0.6) is 11.5 Å². The van der Waals surface area contributed by atoms with E-state index < -0.39 is 13.3 Å². The summed E-state index contributed by atoms with van der Waals surface area (Å²) < 4.78 is 28.2. The van der Waals surface area contributed by atoms with Crippen molar-refractivity contribution >= 4 is 13.5 Å². The molecule has 1 amide bonds. The third-order valence-corrected chi connectivity index (χ3v) is 8.80. The molecule has 1 atom stereocenters. The van der Waals surface area contributed by atoms with Gasteiger partial charge in [-0.1, -0.05) is 54.9 Å². The lowest BCUT2D eigenvalue weighted by Crippen LogP contribution is -2.26. The van der Waals surface area contributed by atoms with Crippen LogP contribution in [-0.2, 0) is 26.8 Å². The van der Waals surface area contributed by atoms with Crippen molar-refractivity contribution < 1.29 is 33.3 Å². The van der Waals surface area contributed by atoms with Crippen molar-refractivity contribution in [2.24, 2.45) is 0 Å². The Morgan fingerprint density at radius 2 is 1.65 bits per heavy atom. The highest BCUT2D eigenvalue weighted by molar-refractivity contribution is 7.53. The second-order valence-corrected chi connectivity index (χ2v) is 11.8. The number of carbonyl (C=O) groups is 1. The van der Waals surface area contributed by atoms with E-state index in [1.807, 2.05) is 70.2 Å². The fourth-order valence-corrected chi connectivity index (χ4v) is 5.80. The van der Waals surface area contributed by atoms with E-state index >= 15 is 0 Å². The van der Waals surface area contributed by atoms with Gasteiger partial charge in [0, 0.05) is 13.7 Å². The first-order valence-corrected chi connectivity index (χ1v) is 15.2. The summed E-state index contributed by atoms with van der Waals surface area (Å²) in [6.07, 6.45) is 2.33. The van der Waals surface area contributed by atoms with Crippen LogP contribution in [0.1, 0.15) is 64.9 Å². The molecule has 0 saturated carbocycles. The zero-order chi connectivity index (χ0) is 29.1. The van der Waals surface area contributed by atoms with Gasteiger partial charge in [-0.05, 0) is 91.6 Å². The predicted octanol–water partition coefficient (Wildman–Crippen LogP) is 6.53. The first kappa shape index (κ1) is 31.4. The summed E-state index contributed by atoms with van der Waals surface area (Å²) in [5.41, 5.74) is 4.96. The average molecular weight is 570 g/mol.